The quantitative estimate of drug-likeness (QED) is 0.572. The van der Waals surface area contributed by atoms with Gasteiger partial charge in [0.05, 0.1) is 13.0 Å². The molecule has 0 fully saturated rings. The van der Waals surface area contributed by atoms with E-state index in [1.54, 1.807) is 25.1 Å². The second kappa shape index (κ2) is 8.89. The molecule has 0 saturated carbocycles. The maximum atomic E-state index is 12.0. The fourth-order valence-corrected chi connectivity index (χ4v) is 2.15. The van der Waals surface area contributed by atoms with Crippen LogP contribution in [0.1, 0.15) is 31.1 Å². The minimum absolute atomic E-state index is 0.306. The molecule has 0 radical (unpaired) electrons. The Morgan fingerprint density at radius 2 is 1.96 bits per heavy atom. The van der Waals surface area contributed by atoms with Crippen molar-refractivity contribution in [3.05, 3.63) is 35.4 Å². The lowest BCUT2D eigenvalue weighted by molar-refractivity contribution is -0.154. The highest BCUT2D eigenvalue weighted by Crippen LogP contribution is 2.21. The molecule has 1 aromatic carbocycles. The van der Waals surface area contributed by atoms with Crippen LogP contribution in [0.2, 0.25) is 0 Å². The van der Waals surface area contributed by atoms with Crippen molar-refractivity contribution in [2.45, 2.75) is 26.4 Å². The Bertz CT molecular complexity index is 573. The van der Waals surface area contributed by atoms with Crippen LogP contribution < -0.4 is 10.9 Å². The van der Waals surface area contributed by atoms with Gasteiger partial charge in [-0.15, -0.1) is 0 Å². The Hall–Kier alpha value is -2.41. The Kier molecular flexibility index (Phi) is 7.21. The van der Waals surface area contributed by atoms with Crippen molar-refractivity contribution >= 4 is 17.8 Å². The number of rotatable bonds is 7. The minimum Gasteiger partial charge on any atom is -0.469 e. The van der Waals surface area contributed by atoms with Crippen molar-refractivity contribution in [1.82, 2.24) is 10.9 Å². The number of nitrogens with one attached hydrogen (secondary N) is 2. The second-order valence-corrected chi connectivity index (χ2v) is 5.10. The molecule has 126 valence electrons. The van der Waals surface area contributed by atoms with Crippen LogP contribution in [0.3, 0.4) is 0 Å². The Morgan fingerprint density at radius 1 is 1.26 bits per heavy atom. The lowest BCUT2D eigenvalue weighted by atomic mass is 9.98. The van der Waals surface area contributed by atoms with Crippen LogP contribution in [-0.4, -0.2) is 32.0 Å². The molecule has 0 aromatic heterocycles. The van der Waals surface area contributed by atoms with E-state index in [9.17, 15) is 14.4 Å². The topological polar surface area (TPSA) is 93.7 Å². The predicted molar refractivity (Wildman–Crippen MR) is 83.0 cm³/mol. The maximum Gasteiger partial charge on any atom is 0.308 e. The van der Waals surface area contributed by atoms with Gasteiger partial charge in [0, 0.05) is 19.5 Å². The van der Waals surface area contributed by atoms with Gasteiger partial charge in [-0.3, -0.25) is 19.8 Å². The second-order valence-electron chi connectivity index (χ2n) is 5.10. The number of hydrogen-bond donors (Lipinski definition) is 2. The first-order valence-corrected chi connectivity index (χ1v) is 7.19. The van der Waals surface area contributed by atoms with Crippen LogP contribution in [-0.2, 0) is 30.3 Å². The van der Waals surface area contributed by atoms with Crippen molar-refractivity contribution in [3.63, 3.8) is 0 Å². The SMILES string of the molecule is CNNC(=O)C(OC(C)=O)c1cccc(C[C@@H](C)C(=O)OC)c1. The van der Waals surface area contributed by atoms with Gasteiger partial charge >= 0.3 is 11.9 Å². The van der Waals surface area contributed by atoms with Gasteiger partial charge in [-0.1, -0.05) is 31.2 Å². The lowest BCUT2D eigenvalue weighted by Crippen LogP contribution is -2.39. The summed E-state index contributed by atoms with van der Waals surface area (Å²) in [6, 6.07) is 7.01. The number of ether oxygens (including phenoxy) is 2. The smallest absolute Gasteiger partial charge is 0.308 e. The number of methoxy groups -OCH3 is 1. The highest BCUT2D eigenvalue weighted by molar-refractivity contribution is 5.84. The maximum absolute atomic E-state index is 12.0. The summed E-state index contributed by atoms with van der Waals surface area (Å²) in [6.45, 7) is 3.00. The van der Waals surface area contributed by atoms with E-state index >= 15 is 0 Å². The Labute approximate surface area is 135 Å². The van der Waals surface area contributed by atoms with E-state index in [2.05, 4.69) is 10.9 Å². The number of amides is 1. The summed E-state index contributed by atoms with van der Waals surface area (Å²) in [5.41, 5.74) is 6.28. The monoisotopic (exact) mass is 322 g/mol. The molecule has 23 heavy (non-hydrogen) atoms. The zero-order chi connectivity index (χ0) is 17.4. The van der Waals surface area contributed by atoms with Crippen LogP contribution in [0.15, 0.2) is 24.3 Å². The average molecular weight is 322 g/mol. The lowest BCUT2D eigenvalue weighted by Gasteiger charge is -2.18. The highest BCUT2D eigenvalue weighted by Gasteiger charge is 2.24. The standard InChI is InChI=1S/C16H22N2O5/c1-10(16(21)22-4)8-12-6-5-7-13(9-12)14(23-11(2)19)15(20)18-17-3/h5-7,9-10,14,17H,8H2,1-4H3,(H,18,20)/t10-,14?/m1/s1. The number of hydrazine groups is 1. The van der Waals surface area contributed by atoms with Gasteiger partial charge in [-0.05, 0) is 12.0 Å². The first-order valence-electron chi connectivity index (χ1n) is 7.19. The third-order valence-corrected chi connectivity index (χ3v) is 3.17. The molecule has 1 unspecified atom stereocenters. The van der Waals surface area contributed by atoms with Gasteiger partial charge in [0.25, 0.3) is 5.91 Å². The van der Waals surface area contributed by atoms with Gasteiger partial charge in [0.2, 0.25) is 6.10 Å². The van der Waals surface area contributed by atoms with Crippen LogP contribution >= 0.6 is 0 Å². The summed E-state index contributed by atoms with van der Waals surface area (Å²) < 4.78 is 9.80. The van der Waals surface area contributed by atoms with Crippen molar-refractivity contribution in [3.8, 4) is 0 Å². The van der Waals surface area contributed by atoms with Crippen molar-refractivity contribution in [2.75, 3.05) is 14.2 Å². The Balaban J connectivity index is 2.99. The van der Waals surface area contributed by atoms with Gasteiger partial charge < -0.3 is 9.47 Å². The summed E-state index contributed by atoms with van der Waals surface area (Å²) in [6.07, 6.45) is -0.602. The van der Waals surface area contributed by atoms with E-state index in [1.165, 1.54) is 21.1 Å². The molecule has 2 N–H and O–H groups in total. The molecule has 0 aliphatic carbocycles. The Morgan fingerprint density at radius 3 is 2.52 bits per heavy atom. The molecule has 2 atom stereocenters. The number of esters is 2. The third kappa shape index (κ3) is 5.71. The van der Waals surface area contributed by atoms with E-state index in [0.29, 0.717) is 12.0 Å². The van der Waals surface area contributed by atoms with E-state index < -0.39 is 18.0 Å². The molecule has 1 rings (SSSR count). The summed E-state index contributed by atoms with van der Waals surface area (Å²) in [5.74, 6) is -1.66. The first kappa shape index (κ1) is 18.6. The van der Waals surface area contributed by atoms with E-state index in [-0.39, 0.29) is 11.9 Å². The van der Waals surface area contributed by atoms with Gasteiger partial charge in [-0.25, -0.2) is 5.43 Å². The third-order valence-electron chi connectivity index (χ3n) is 3.17. The molecule has 0 aliphatic rings. The van der Waals surface area contributed by atoms with Gasteiger partial charge in [0.1, 0.15) is 0 Å². The van der Waals surface area contributed by atoms with Gasteiger partial charge in [-0.2, -0.15) is 0 Å². The number of hydrogen-bond acceptors (Lipinski definition) is 6. The zero-order valence-electron chi connectivity index (χ0n) is 13.7. The molecule has 7 heteroatoms. The molecule has 7 nitrogen and oxygen atoms in total. The predicted octanol–water partition coefficient (Wildman–Crippen LogP) is 0.893. The highest BCUT2D eigenvalue weighted by atomic mass is 16.5. The van der Waals surface area contributed by atoms with E-state index in [4.69, 9.17) is 9.47 Å². The van der Waals surface area contributed by atoms with E-state index in [0.717, 1.165) is 5.56 Å². The van der Waals surface area contributed by atoms with Gasteiger partial charge in [0.15, 0.2) is 0 Å². The number of carbonyl (C=O) groups is 3. The molecular weight excluding hydrogens is 300 g/mol. The molecule has 0 spiro atoms. The van der Waals surface area contributed by atoms with Crippen LogP contribution in [0.5, 0.6) is 0 Å². The fourth-order valence-electron chi connectivity index (χ4n) is 2.15. The number of benzene rings is 1. The summed E-state index contributed by atoms with van der Waals surface area (Å²) >= 11 is 0. The first-order chi connectivity index (χ1) is 10.9. The summed E-state index contributed by atoms with van der Waals surface area (Å²) in [4.78, 5) is 34.8. The summed E-state index contributed by atoms with van der Waals surface area (Å²) in [7, 11) is 2.88. The van der Waals surface area contributed by atoms with E-state index in [1.807, 2.05) is 6.07 Å². The van der Waals surface area contributed by atoms with Crippen molar-refractivity contribution < 1.29 is 23.9 Å². The molecule has 0 bridgehead atoms. The molecule has 1 aromatic rings. The molecule has 0 aliphatic heterocycles. The molecular formula is C16H22N2O5. The van der Waals surface area contributed by atoms with Crippen LogP contribution in [0.25, 0.3) is 0 Å². The van der Waals surface area contributed by atoms with Crippen molar-refractivity contribution in [2.24, 2.45) is 5.92 Å². The van der Waals surface area contributed by atoms with Crippen LogP contribution in [0.4, 0.5) is 0 Å². The molecule has 0 heterocycles. The largest absolute Gasteiger partial charge is 0.469 e. The van der Waals surface area contributed by atoms with Crippen molar-refractivity contribution in [1.29, 1.82) is 0 Å². The molecule has 1 amide bonds. The minimum atomic E-state index is -1.06. The summed E-state index contributed by atoms with van der Waals surface area (Å²) in [5, 5.41) is 0. The zero-order valence-corrected chi connectivity index (χ0v) is 13.7. The average Bonchev–Trinajstić information content (AvgIpc) is 2.52. The normalized spacial score (nSPS) is 12.9. The van der Waals surface area contributed by atoms with Crippen LogP contribution in [0, 0.1) is 5.92 Å². The number of carbonyl (C=O) groups excluding carboxylic acids is 3. The molecule has 0 saturated heterocycles. The fraction of sp³-hybridized carbons (Fsp3) is 0.438.